The number of benzene rings is 3. The van der Waals surface area contributed by atoms with Crippen LogP contribution in [-0.2, 0) is 0 Å². The molecule has 0 radical (unpaired) electrons. The Hall–Kier alpha value is -3.59. The Balaban J connectivity index is 1.96. The van der Waals surface area contributed by atoms with Crippen LogP contribution in [0.4, 0.5) is 5.69 Å². The molecule has 0 heterocycles. The van der Waals surface area contributed by atoms with Crippen molar-refractivity contribution in [2.24, 2.45) is 0 Å². The van der Waals surface area contributed by atoms with Gasteiger partial charge in [0, 0.05) is 24.3 Å². The fraction of sp³-hybridized carbons (Fsp3) is 0.0417. The van der Waals surface area contributed by atoms with Crippen LogP contribution in [0.2, 0.25) is 0 Å². The van der Waals surface area contributed by atoms with Crippen molar-refractivity contribution in [1.29, 1.82) is 0 Å². The van der Waals surface area contributed by atoms with Gasteiger partial charge in [0.05, 0.1) is 7.11 Å². The lowest BCUT2D eigenvalue weighted by Crippen LogP contribution is -2.06. The van der Waals surface area contributed by atoms with Gasteiger partial charge in [-0.25, -0.2) is 0 Å². The summed E-state index contributed by atoms with van der Waals surface area (Å²) in [5.41, 5.74) is 3.14. The standard InChI is InChI=1S/C24H21NO2/c1-27-24-18-16-23(17-19-24)25(26)22(14-12-20-8-4-2-5-9-20)15-13-21-10-6-3-7-11-21/h2-19H,1H3/b14-12+,15-13+. The van der Waals surface area contributed by atoms with Gasteiger partial charge in [-0.05, 0) is 35.4 Å². The number of ether oxygens (including phenoxy) is 1. The molecule has 0 aliphatic heterocycles. The van der Waals surface area contributed by atoms with Crippen molar-refractivity contribution in [3.63, 3.8) is 0 Å². The van der Waals surface area contributed by atoms with Crippen LogP contribution in [0.3, 0.4) is 0 Å². The van der Waals surface area contributed by atoms with Crippen LogP contribution in [0.25, 0.3) is 12.2 Å². The summed E-state index contributed by atoms with van der Waals surface area (Å²) < 4.78 is 6.08. The highest BCUT2D eigenvalue weighted by Gasteiger charge is 2.07. The van der Waals surface area contributed by atoms with Gasteiger partial charge in [-0.3, -0.25) is 0 Å². The first kappa shape index (κ1) is 18.2. The Morgan fingerprint density at radius 1 is 0.741 bits per heavy atom. The minimum absolute atomic E-state index is 0.535. The van der Waals surface area contributed by atoms with E-state index in [9.17, 15) is 5.21 Å². The summed E-state index contributed by atoms with van der Waals surface area (Å²) in [6.07, 6.45) is 7.51. The van der Waals surface area contributed by atoms with Gasteiger partial charge in [-0.1, -0.05) is 60.7 Å². The normalized spacial score (nSPS) is 11.0. The van der Waals surface area contributed by atoms with Gasteiger partial charge >= 0.3 is 0 Å². The van der Waals surface area contributed by atoms with E-state index in [0.717, 1.165) is 15.9 Å². The smallest absolute Gasteiger partial charge is 0.217 e. The summed E-state index contributed by atoms with van der Waals surface area (Å²) in [5, 5.41) is 12.9. The average molecular weight is 355 g/mol. The minimum Gasteiger partial charge on any atom is -0.618 e. The molecule has 0 N–H and O–H groups in total. The summed E-state index contributed by atoms with van der Waals surface area (Å²) >= 11 is 0. The van der Waals surface area contributed by atoms with E-state index >= 15 is 0 Å². The molecule has 134 valence electrons. The fourth-order valence-electron chi connectivity index (χ4n) is 2.55. The number of hydrogen-bond acceptors (Lipinski definition) is 2. The van der Waals surface area contributed by atoms with Crippen LogP contribution in [-0.4, -0.2) is 17.6 Å². The summed E-state index contributed by atoms with van der Waals surface area (Å²) in [7, 11) is 1.60. The maximum Gasteiger partial charge on any atom is 0.217 e. The van der Waals surface area contributed by atoms with E-state index in [0.29, 0.717) is 17.1 Å². The van der Waals surface area contributed by atoms with Crippen LogP contribution in [0.15, 0.2) is 97.1 Å². The van der Waals surface area contributed by atoms with Crippen molar-refractivity contribution in [1.82, 2.24) is 0 Å². The van der Waals surface area contributed by atoms with Gasteiger partial charge in [0.2, 0.25) is 11.4 Å². The average Bonchev–Trinajstić information content (AvgIpc) is 2.75. The fourth-order valence-corrected chi connectivity index (χ4v) is 2.55. The Morgan fingerprint density at radius 3 is 1.67 bits per heavy atom. The molecule has 3 aromatic carbocycles. The largest absolute Gasteiger partial charge is 0.618 e. The molecule has 0 unspecified atom stereocenters. The molecule has 0 bridgehead atoms. The summed E-state index contributed by atoms with van der Waals surface area (Å²) in [6.45, 7) is 0. The SMILES string of the molecule is COc1ccc([N+]([O-])=C(/C=C/c2ccccc2)/C=C/c2ccccc2)cc1. The van der Waals surface area contributed by atoms with Gasteiger partial charge < -0.3 is 9.94 Å². The van der Waals surface area contributed by atoms with Gasteiger partial charge in [-0.2, -0.15) is 4.74 Å². The van der Waals surface area contributed by atoms with E-state index < -0.39 is 0 Å². The molecule has 0 aliphatic rings. The van der Waals surface area contributed by atoms with E-state index in [1.165, 1.54) is 0 Å². The molecular weight excluding hydrogens is 334 g/mol. The monoisotopic (exact) mass is 355 g/mol. The van der Waals surface area contributed by atoms with E-state index in [1.807, 2.05) is 85.0 Å². The Bertz CT molecular complexity index is 889. The van der Waals surface area contributed by atoms with Crippen LogP contribution < -0.4 is 4.74 Å². The van der Waals surface area contributed by atoms with Gasteiger partial charge in [0.25, 0.3) is 0 Å². The zero-order valence-corrected chi connectivity index (χ0v) is 15.2. The lowest BCUT2D eigenvalue weighted by Gasteiger charge is -2.07. The van der Waals surface area contributed by atoms with E-state index in [-0.39, 0.29) is 0 Å². The van der Waals surface area contributed by atoms with Crippen molar-refractivity contribution >= 4 is 23.6 Å². The minimum atomic E-state index is 0.535. The Morgan fingerprint density at radius 2 is 1.22 bits per heavy atom. The third-order valence-corrected chi connectivity index (χ3v) is 4.03. The molecule has 0 amide bonds. The van der Waals surface area contributed by atoms with Crippen LogP contribution in [0, 0.1) is 5.21 Å². The highest BCUT2D eigenvalue weighted by Crippen LogP contribution is 2.18. The quantitative estimate of drug-likeness (QED) is 0.246. The first-order chi connectivity index (χ1) is 13.3. The van der Waals surface area contributed by atoms with Crippen molar-refractivity contribution in [3.05, 3.63) is 113 Å². The number of methoxy groups -OCH3 is 1. The van der Waals surface area contributed by atoms with Crippen molar-refractivity contribution in [2.45, 2.75) is 0 Å². The number of nitrogens with zero attached hydrogens (tertiary/aromatic N) is 1. The van der Waals surface area contributed by atoms with E-state index in [1.54, 1.807) is 31.4 Å². The lowest BCUT2D eigenvalue weighted by atomic mass is 10.1. The molecule has 0 atom stereocenters. The second kappa shape index (κ2) is 9.20. The number of allylic oxidation sites excluding steroid dienone is 2. The van der Waals surface area contributed by atoms with Gasteiger partial charge in [0.1, 0.15) is 5.75 Å². The summed E-state index contributed by atoms with van der Waals surface area (Å²) in [6, 6.07) is 26.9. The third kappa shape index (κ3) is 5.19. The zero-order valence-electron chi connectivity index (χ0n) is 15.2. The van der Waals surface area contributed by atoms with E-state index in [2.05, 4.69) is 0 Å². The molecule has 0 saturated heterocycles. The molecule has 0 aliphatic carbocycles. The highest BCUT2D eigenvalue weighted by atomic mass is 16.5. The Labute approximate surface area is 159 Å². The van der Waals surface area contributed by atoms with Crippen LogP contribution in [0.1, 0.15) is 11.1 Å². The van der Waals surface area contributed by atoms with Crippen molar-refractivity contribution in [3.8, 4) is 5.75 Å². The van der Waals surface area contributed by atoms with Crippen LogP contribution in [0.5, 0.6) is 5.75 Å². The predicted octanol–water partition coefficient (Wildman–Crippen LogP) is 5.70. The number of hydrogen-bond donors (Lipinski definition) is 0. The molecule has 0 aromatic heterocycles. The molecule has 3 nitrogen and oxygen atoms in total. The number of rotatable bonds is 6. The summed E-state index contributed by atoms with van der Waals surface area (Å²) in [5.74, 6) is 0.716. The topological polar surface area (TPSA) is 35.3 Å². The van der Waals surface area contributed by atoms with Crippen molar-refractivity contribution < 1.29 is 9.48 Å². The molecule has 3 aromatic rings. The van der Waals surface area contributed by atoms with Crippen molar-refractivity contribution in [2.75, 3.05) is 7.11 Å². The molecule has 0 spiro atoms. The predicted molar refractivity (Wildman–Crippen MR) is 112 cm³/mol. The molecule has 0 fully saturated rings. The van der Waals surface area contributed by atoms with Crippen LogP contribution >= 0.6 is 0 Å². The summed E-state index contributed by atoms with van der Waals surface area (Å²) in [4.78, 5) is 0. The van der Waals surface area contributed by atoms with E-state index in [4.69, 9.17) is 4.74 Å². The zero-order chi connectivity index (χ0) is 18.9. The van der Waals surface area contributed by atoms with Gasteiger partial charge in [-0.15, -0.1) is 0 Å². The van der Waals surface area contributed by atoms with Gasteiger partial charge in [0.15, 0.2) is 0 Å². The lowest BCUT2D eigenvalue weighted by molar-refractivity contribution is -0.358. The molecule has 3 heteroatoms. The second-order valence-electron chi connectivity index (χ2n) is 5.91. The molecular formula is C24H21NO2. The molecule has 3 rings (SSSR count). The third-order valence-electron chi connectivity index (χ3n) is 4.03. The molecule has 27 heavy (non-hydrogen) atoms. The first-order valence-electron chi connectivity index (χ1n) is 8.71. The maximum atomic E-state index is 12.9. The molecule has 0 saturated carbocycles. The first-order valence-corrected chi connectivity index (χ1v) is 8.71. The maximum absolute atomic E-state index is 12.9. The Kier molecular flexibility index (Phi) is 6.21. The highest BCUT2D eigenvalue weighted by molar-refractivity contribution is 6.05. The second-order valence-corrected chi connectivity index (χ2v) is 5.91.